The molecule has 6 nitrogen and oxygen atoms in total. The van der Waals surface area contributed by atoms with Crippen molar-refractivity contribution in [3.8, 4) is 23.3 Å². The predicted molar refractivity (Wildman–Crippen MR) is 160 cm³/mol. The highest BCUT2D eigenvalue weighted by Crippen LogP contribution is 2.44. The number of hydrogen-bond donors (Lipinski definition) is 1. The second-order valence-corrected chi connectivity index (χ2v) is 11.2. The number of benzene rings is 4. The Bertz CT molecular complexity index is 1930. The molecule has 0 amide bonds. The van der Waals surface area contributed by atoms with Crippen LogP contribution >= 0.6 is 34.5 Å². The van der Waals surface area contributed by atoms with Gasteiger partial charge < -0.3 is 19.9 Å². The number of esters is 1. The van der Waals surface area contributed by atoms with Crippen LogP contribution in [0.1, 0.15) is 32.3 Å². The Balaban J connectivity index is 1.25. The van der Waals surface area contributed by atoms with Crippen LogP contribution in [-0.2, 0) is 6.61 Å². The highest BCUT2D eigenvalue weighted by molar-refractivity contribution is 7.21. The van der Waals surface area contributed by atoms with Crippen LogP contribution in [0.2, 0.25) is 10.0 Å². The summed E-state index contributed by atoms with van der Waals surface area (Å²) in [5.74, 6) is -0.459. The third-order valence-electron chi connectivity index (χ3n) is 6.74. The summed E-state index contributed by atoms with van der Waals surface area (Å²) in [4.78, 5) is 13.3. The first kappa shape index (κ1) is 27.6. The average Bonchev–Trinajstić information content (AvgIpc) is 3.31. The summed E-state index contributed by atoms with van der Waals surface area (Å²) in [6.07, 6.45) is 0. The quantitative estimate of drug-likeness (QED) is 0.152. The SMILES string of the molecule is N#CC1=C(N)Oc2cc(OC(=O)c3sc4cc(Cl)ccc4c3Cl)ccc2C1c1ccc(OCc2ccccc2F)cc1. The molecule has 1 atom stereocenters. The van der Waals surface area contributed by atoms with Gasteiger partial charge in [0.1, 0.15) is 46.2 Å². The standard InChI is InChI=1S/C32H19Cl2FN2O4S/c33-19-7-11-23-27(13-19)42-30(29(23)34)32(38)40-21-10-12-22-26(14-21)41-31(37)24(15-36)28(22)17-5-8-20(9-6-17)39-16-18-3-1-2-4-25(18)35/h1-14,28H,16,37H2. The molecule has 42 heavy (non-hydrogen) atoms. The van der Waals surface area contributed by atoms with Crippen molar-refractivity contribution >= 4 is 50.6 Å². The lowest BCUT2D eigenvalue weighted by Gasteiger charge is -2.26. The maximum atomic E-state index is 13.9. The fourth-order valence-corrected chi connectivity index (χ4v) is 6.36. The summed E-state index contributed by atoms with van der Waals surface area (Å²) in [5.41, 5.74) is 8.25. The number of carbonyl (C=O) groups is 1. The molecule has 10 heteroatoms. The Labute approximate surface area is 253 Å². The number of ether oxygens (including phenoxy) is 3. The zero-order valence-corrected chi connectivity index (χ0v) is 23.9. The van der Waals surface area contributed by atoms with Crippen molar-refractivity contribution in [2.75, 3.05) is 0 Å². The van der Waals surface area contributed by atoms with Gasteiger partial charge in [0.15, 0.2) is 0 Å². The van der Waals surface area contributed by atoms with Crippen LogP contribution in [0.3, 0.4) is 0 Å². The molecule has 0 radical (unpaired) electrons. The van der Waals surface area contributed by atoms with Crippen LogP contribution in [0.5, 0.6) is 17.2 Å². The molecule has 0 fully saturated rings. The number of fused-ring (bicyclic) bond motifs is 2. The van der Waals surface area contributed by atoms with E-state index in [0.717, 1.165) is 10.3 Å². The van der Waals surface area contributed by atoms with Gasteiger partial charge in [0.05, 0.1) is 10.9 Å². The maximum Gasteiger partial charge on any atom is 0.355 e. The first-order valence-corrected chi connectivity index (χ1v) is 14.2. The molecule has 0 saturated heterocycles. The number of carbonyl (C=O) groups excluding carboxylic acids is 1. The van der Waals surface area contributed by atoms with Gasteiger partial charge in [-0.15, -0.1) is 11.3 Å². The Kier molecular flexibility index (Phi) is 7.48. The maximum absolute atomic E-state index is 13.9. The molecular formula is C32H19Cl2FN2O4S. The number of halogens is 3. The van der Waals surface area contributed by atoms with Crippen LogP contribution in [0, 0.1) is 17.1 Å². The first-order valence-electron chi connectivity index (χ1n) is 12.6. The lowest BCUT2D eigenvalue weighted by molar-refractivity contribution is 0.0740. The Morgan fingerprint density at radius 2 is 1.79 bits per heavy atom. The highest BCUT2D eigenvalue weighted by Gasteiger charge is 2.31. The number of hydrogen-bond acceptors (Lipinski definition) is 7. The molecular weight excluding hydrogens is 598 g/mol. The molecule has 2 heterocycles. The van der Waals surface area contributed by atoms with Gasteiger partial charge in [-0.1, -0.05) is 65.7 Å². The van der Waals surface area contributed by atoms with Crippen molar-refractivity contribution in [2.24, 2.45) is 5.73 Å². The lowest BCUT2D eigenvalue weighted by Crippen LogP contribution is -2.21. The van der Waals surface area contributed by atoms with E-state index < -0.39 is 11.9 Å². The Morgan fingerprint density at radius 1 is 1.02 bits per heavy atom. The van der Waals surface area contributed by atoms with E-state index in [0.29, 0.717) is 33.0 Å². The summed E-state index contributed by atoms with van der Waals surface area (Å²) < 4.78 is 31.9. The summed E-state index contributed by atoms with van der Waals surface area (Å²) in [5, 5.41) is 11.4. The molecule has 1 aromatic heterocycles. The molecule has 4 aromatic carbocycles. The van der Waals surface area contributed by atoms with Crippen molar-refractivity contribution < 1.29 is 23.4 Å². The van der Waals surface area contributed by atoms with E-state index in [1.165, 1.54) is 17.4 Å². The highest BCUT2D eigenvalue weighted by atomic mass is 35.5. The van der Waals surface area contributed by atoms with Gasteiger partial charge in [0.25, 0.3) is 0 Å². The molecule has 0 aliphatic carbocycles. The number of nitrogens with zero attached hydrogens (tertiary/aromatic N) is 1. The summed E-state index contributed by atoms with van der Waals surface area (Å²) in [6.45, 7) is 0.0738. The van der Waals surface area contributed by atoms with E-state index in [2.05, 4.69) is 6.07 Å². The van der Waals surface area contributed by atoms with Crippen molar-refractivity contribution in [3.05, 3.63) is 134 Å². The summed E-state index contributed by atoms with van der Waals surface area (Å²) in [6, 6.07) is 25.8. The van der Waals surface area contributed by atoms with E-state index in [9.17, 15) is 14.4 Å². The number of nitrogens with two attached hydrogens (primary N) is 1. The fourth-order valence-electron chi connectivity index (χ4n) is 4.70. The average molecular weight is 617 g/mol. The van der Waals surface area contributed by atoms with Crippen molar-refractivity contribution in [1.82, 2.24) is 0 Å². The third-order valence-corrected chi connectivity index (χ3v) is 8.62. The molecule has 2 N–H and O–H groups in total. The molecule has 0 spiro atoms. The molecule has 1 aliphatic heterocycles. The number of allylic oxidation sites excluding steroid dienone is 1. The number of rotatable bonds is 6. The molecule has 1 unspecified atom stereocenters. The number of thiophene rings is 1. The predicted octanol–water partition coefficient (Wildman–Crippen LogP) is 8.36. The lowest BCUT2D eigenvalue weighted by atomic mass is 9.83. The minimum atomic E-state index is -0.628. The Morgan fingerprint density at radius 3 is 2.55 bits per heavy atom. The molecule has 0 bridgehead atoms. The van der Waals surface area contributed by atoms with Crippen LogP contribution in [0.25, 0.3) is 10.1 Å². The van der Waals surface area contributed by atoms with Gasteiger partial charge in [0, 0.05) is 32.3 Å². The second-order valence-electron chi connectivity index (χ2n) is 9.35. The number of nitriles is 1. The molecule has 208 valence electrons. The molecule has 1 aliphatic rings. The normalized spacial score (nSPS) is 14.2. The second kappa shape index (κ2) is 11.4. The third kappa shape index (κ3) is 5.26. The van der Waals surface area contributed by atoms with Gasteiger partial charge in [-0.05, 0) is 42.0 Å². The van der Waals surface area contributed by atoms with E-state index in [4.69, 9.17) is 43.1 Å². The minimum Gasteiger partial charge on any atom is -0.489 e. The van der Waals surface area contributed by atoms with E-state index in [-0.39, 0.29) is 39.5 Å². The monoisotopic (exact) mass is 616 g/mol. The van der Waals surface area contributed by atoms with Crippen LogP contribution < -0.4 is 19.9 Å². The van der Waals surface area contributed by atoms with E-state index in [1.807, 2.05) is 12.1 Å². The van der Waals surface area contributed by atoms with Crippen LogP contribution in [-0.4, -0.2) is 5.97 Å². The van der Waals surface area contributed by atoms with Crippen LogP contribution in [0.15, 0.2) is 96.4 Å². The van der Waals surface area contributed by atoms with Gasteiger partial charge in [-0.3, -0.25) is 0 Å². The topological polar surface area (TPSA) is 94.6 Å². The summed E-state index contributed by atoms with van der Waals surface area (Å²) in [7, 11) is 0. The fraction of sp³-hybridized carbons (Fsp3) is 0.0625. The Hall–Kier alpha value is -4.55. The first-order chi connectivity index (χ1) is 20.3. The van der Waals surface area contributed by atoms with Gasteiger partial charge >= 0.3 is 5.97 Å². The van der Waals surface area contributed by atoms with Crippen LogP contribution in [0.4, 0.5) is 4.39 Å². The van der Waals surface area contributed by atoms with Gasteiger partial charge in [0.2, 0.25) is 5.88 Å². The van der Waals surface area contributed by atoms with E-state index >= 15 is 0 Å². The van der Waals surface area contributed by atoms with Gasteiger partial charge in [-0.25, -0.2) is 9.18 Å². The largest absolute Gasteiger partial charge is 0.489 e. The van der Waals surface area contributed by atoms with Crippen molar-refractivity contribution in [2.45, 2.75) is 12.5 Å². The molecule has 6 rings (SSSR count). The minimum absolute atomic E-state index is 0.0530. The van der Waals surface area contributed by atoms with E-state index in [1.54, 1.807) is 66.7 Å². The molecule has 5 aromatic rings. The molecule has 0 saturated carbocycles. The van der Waals surface area contributed by atoms with Gasteiger partial charge in [-0.2, -0.15) is 5.26 Å². The smallest absolute Gasteiger partial charge is 0.355 e. The zero-order valence-electron chi connectivity index (χ0n) is 21.6. The van der Waals surface area contributed by atoms with Crippen molar-refractivity contribution in [1.29, 1.82) is 5.26 Å². The van der Waals surface area contributed by atoms with Crippen molar-refractivity contribution in [3.63, 3.8) is 0 Å². The zero-order chi connectivity index (χ0) is 29.4. The summed E-state index contributed by atoms with van der Waals surface area (Å²) >= 11 is 13.7.